The van der Waals surface area contributed by atoms with E-state index in [-0.39, 0.29) is 17.4 Å². The van der Waals surface area contributed by atoms with Crippen LogP contribution in [0.3, 0.4) is 0 Å². The molecule has 1 atom stereocenters. The van der Waals surface area contributed by atoms with Gasteiger partial charge in [-0.05, 0) is 44.0 Å². The van der Waals surface area contributed by atoms with E-state index in [1.165, 1.54) is 0 Å². The molecule has 1 saturated heterocycles. The molecule has 1 aromatic carbocycles. The molecule has 1 unspecified atom stereocenters. The van der Waals surface area contributed by atoms with Crippen molar-refractivity contribution in [3.05, 3.63) is 63.2 Å². The number of amides is 1. The lowest BCUT2D eigenvalue weighted by molar-refractivity contribution is 0.0727. The van der Waals surface area contributed by atoms with E-state index in [2.05, 4.69) is 5.32 Å². The second-order valence-electron chi connectivity index (χ2n) is 7.22. The minimum Gasteiger partial charge on any atom is -0.491 e. The number of piperidine rings is 1. The number of hydrogen-bond donors (Lipinski definition) is 1. The smallest absolute Gasteiger partial charge is 0.349 e. The average molecular weight is 368 g/mol. The Morgan fingerprint density at radius 2 is 2.15 bits per heavy atom. The molecule has 27 heavy (non-hydrogen) atoms. The predicted octanol–water partition coefficient (Wildman–Crippen LogP) is 2.45. The first-order chi connectivity index (χ1) is 13.1. The summed E-state index contributed by atoms with van der Waals surface area (Å²) in [7, 11) is 0. The number of para-hydroxylation sites is 1. The van der Waals surface area contributed by atoms with Crippen LogP contribution in [0.15, 0.2) is 39.5 Å². The largest absolute Gasteiger partial charge is 0.491 e. The van der Waals surface area contributed by atoms with Gasteiger partial charge in [-0.2, -0.15) is 0 Å². The summed E-state index contributed by atoms with van der Waals surface area (Å²) < 4.78 is 11.3. The molecule has 0 saturated carbocycles. The van der Waals surface area contributed by atoms with E-state index in [1.54, 1.807) is 4.90 Å². The van der Waals surface area contributed by atoms with Crippen LogP contribution in [0.4, 0.5) is 0 Å². The Morgan fingerprint density at radius 1 is 1.30 bits per heavy atom. The lowest BCUT2D eigenvalue weighted by Gasteiger charge is -2.23. The number of fused-ring (bicyclic) bond motifs is 1. The number of carbonyl (C=O) groups excluding carboxylic acids is 1. The van der Waals surface area contributed by atoms with Gasteiger partial charge in [-0.25, -0.2) is 4.79 Å². The summed E-state index contributed by atoms with van der Waals surface area (Å²) >= 11 is 0. The molecule has 1 fully saturated rings. The maximum absolute atomic E-state index is 13.1. The molecule has 2 aromatic rings. The Morgan fingerprint density at radius 3 is 2.93 bits per heavy atom. The molecule has 1 aromatic heterocycles. The minimum atomic E-state index is -0.543. The van der Waals surface area contributed by atoms with Crippen LogP contribution in [0, 0.1) is 6.92 Å². The first-order valence-electron chi connectivity index (χ1n) is 9.49. The molecular weight excluding hydrogens is 344 g/mol. The third kappa shape index (κ3) is 3.62. The van der Waals surface area contributed by atoms with Crippen molar-refractivity contribution >= 4 is 5.91 Å². The monoisotopic (exact) mass is 368 g/mol. The van der Waals surface area contributed by atoms with Crippen LogP contribution in [0.25, 0.3) is 0 Å². The second-order valence-corrected chi connectivity index (χ2v) is 7.22. The Labute approximate surface area is 158 Å². The topological polar surface area (TPSA) is 71.8 Å². The number of nitrogens with one attached hydrogen (secondary N) is 1. The molecule has 0 radical (unpaired) electrons. The zero-order valence-electron chi connectivity index (χ0n) is 15.5. The van der Waals surface area contributed by atoms with Gasteiger partial charge in [0.2, 0.25) is 0 Å². The van der Waals surface area contributed by atoms with Crippen LogP contribution < -0.4 is 15.7 Å². The lowest BCUT2D eigenvalue weighted by Crippen LogP contribution is -2.36. The highest BCUT2D eigenvalue weighted by Crippen LogP contribution is 2.26. The highest BCUT2D eigenvalue weighted by molar-refractivity contribution is 5.95. The van der Waals surface area contributed by atoms with Gasteiger partial charge in [-0.1, -0.05) is 18.2 Å². The molecule has 0 aliphatic carbocycles. The van der Waals surface area contributed by atoms with E-state index >= 15 is 0 Å². The van der Waals surface area contributed by atoms with Crippen molar-refractivity contribution < 1.29 is 13.9 Å². The quantitative estimate of drug-likeness (QED) is 0.882. The number of aryl methyl sites for hydroxylation is 1. The van der Waals surface area contributed by atoms with Gasteiger partial charge >= 0.3 is 5.63 Å². The molecule has 6 heteroatoms. The van der Waals surface area contributed by atoms with E-state index in [0.29, 0.717) is 31.0 Å². The van der Waals surface area contributed by atoms with Crippen LogP contribution in [0.5, 0.6) is 5.75 Å². The van der Waals surface area contributed by atoms with E-state index in [0.717, 1.165) is 37.2 Å². The van der Waals surface area contributed by atoms with Crippen LogP contribution >= 0.6 is 0 Å². The minimum absolute atomic E-state index is 0.127. The molecule has 6 nitrogen and oxygen atoms in total. The van der Waals surface area contributed by atoms with E-state index in [4.69, 9.17) is 9.15 Å². The molecule has 0 bridgehead atoms. The van der Waals surface area contributed by atoms with Gasteiger partial charge in [0.25, 0.3) is 5.91 Å². The maximum atomic E-state index is 13.1. The number of carbonyl (C=O) groups is 1. The highest BCUT2D eigenvalue weighted by atomic mass is 16.5. The Balaban J connectivity index is 1.61. The van der Waals surface area contributed by atoms with Crippen molar-refractivity contribution in [1.29, 1.82) is 0 Å². The summed E-state index contributed by atoms with van der Waals surface area (Å²) in [5.74, 6) is 1.35. The van der Waals surface area contributed by atoms with Crippen LogP contribution in [0.2, 0.25) is 0 Å². The van der Waals surface area contributed by atoms with Crippen molar-refractivity contribution in [1.82, 2.24) is 10.2 Å². The zero-order chi connectivity index (χ0) is 18.8. The normalized spacial score (nSPS) is 19.7. The van der Waals surface area contributed by atoms with Crippen molar-refractivity contribution in [3.63, 3.8) is 0 Å². The van der Waals surface area contributed by atoms with E-state index in [1.807, 2.05) is 37.3 Å². The molecule has 1 N–H and O–H groups in total. The van der Waals surface area contributed by atoms with Gasteiger partial charge in [0.05, 0.1) is 6.54 Å². The summed E-state index contributed by atoms with van der Waals surface area (Å²) in [6.45, 7) is 4.86. The van der Waals surface area contributed by atoms with Crippen molar-refractivity contribution in [2.24, 2.45) is 0 Å². The standard InChI is InChI=1S/C21H24N2O4/c1-14-11-18(15-6-4-8-22-12-15)27-21(25)19(14)20(24)23-9-10-26-17-7-3-2-5-16(17)13-23/h2-3,5,7,11,15,22H,4,6,8-10,12-13H2,1H3. The third-order valence-electron chi connectivity index (χ3n) is 5.32. The Hall–Kier alpha value is -2.60. The van der Waals surface area contributed by atoms with E-state index in [9.17, 15) is 9.59 Å². The second kappa shape index (κ2) is 7.56. The summed E-state index contributed by atoms with van der Waals surface area (Å²) in [5.41, 5.74) is 1.20. The number of ether oxygens (including phenoxy) is 1. The molecule has 2 aliphatic heterocycles. The third-order valence-corrected chi connectivity index (χ3v) is 5.32. The van der Waals surface area contributed by atoms with Crippen molar-refractivity contribution in [2.45, 2.75) is 32.2 Å². The number of hydrogen-bond acceptors (Lipinski definition) is 5. The first kappa shape index (κ1) is 17.8. The van der Waals surface area contributed by atoms with Crippen molar-refractivity contribution in [2.75, 3.05) is 26.2 Å². The van der Waals surface area contributed by atoms with Crippen LogP contribution in [-0.4, -0.2) is 37.0 Å². The molecule has 142 valence electrons. The van der Waals surface area contributed by atoms with E-state index < -0.39 is 5.63 Å². The van der Waals surface area contributed by atoms with Gasteiger partial charge in [0.15, 0.2) is 0 Å². The summed E-state index contributed by atoms with van der Waals surface area (Å²) in [6.07, 6.45) is 2.05. The summed E-state index contributed by atoms with van der Waals surface area (Å²) in [4.78, 5) is 27.4. The molecule has 4 rings (SSSR count). The van der Waals surface area contributed by atoms with Crippen LogP contribution in [-0.2, 0) is 6.54 Å². The molecule has 0 spiro atoms. The number of rotatable bonds is 2. The van der Waals surface area contributed by atoms with Gasteiger partial charge in [-0.15, -0.1) is 0 Å². The predicted molar refractivity (Wildman–Crippen MR) is 101 cm³/mol. The zero-order valence-corrected chi connectivity index (χ0v) is 15.5. The van der Waals surface area contributed by atoms with Gasteiger partial charge in [0, 0.05) is 24.6 Å². The number of benzene rings is 1. The highest BCUT2D eigenvalue weighted by Gasteiger charge is 2.27. The van der Waals surface area contributed by atoms with Crippen molar-refractivity contribution in [3.8, 4) is 5.75 Å². The van der Waals surface area contributed by atoms with Gasteiger partial charge < -0.3 is 19.4 Å². The maximum Gasteiger partial charge on any atom is 0.349 e. The molecule has 2 aliphatic rings. The summed E-state index contributed by atoms with van der Waals surface area (Å²) in [5, 5.41) is 3.33. The van der Waals surface area contributed by atoms with Gasteiger partial charge in [0.1, 0.15) is 23.7 Å². The molecule has 1 amide bonds. The lowest BCUT2D eigenvalue weighted by atomic mass is 9.95. The number of nitrogens with zero attached hydrogens (tertiary/aromatic N) is 1. The fourth-order valence-electron chi connectivity index (χ4n) is 3.84. The molecular formula is C21H24N2O4. The summed E-state index contributed by atoms with van der Waals surface area (Å²) in [6, 6.07) is 9.52. The fourth-order valence-corrected chi connectivity index (χ4v) is 3.84. The Bertz CT molecular complexity index is 899. The SMILES string of the molecule is Cc1cc(C2CCCNC2)oc(=O)c1C(=O)N1CCOc2ccccc2C1. The Kier molecular flexibility index (Phi) is 4.99. The van der Waals surface area contributed by atoms with Crippen LogP contribution in [0.1, 0.15) is 46.0 Å². The first-order valence-corrected chi connectivity index (χ1v) is 9.49. The average Bonchev–Trinajstić information content (AvgIpc) is 2.90. The fraction of sp³-hybridized carbons (Fsp3) is 0.429. The van der Waals surface area contributed by atoms with Gasteiger partial charge in [-0.3, -0.25) is 4.79 Å². The molecule has 3 heterocycles.